The molecule has 178 valence electrons. The van der Waals surface area contributed by atoms with Crippen molar-refractivity contribution in [1.82, 2.24) is 0 Å². The molecular weight excluding hydrogens is 388 g/mol. The van der Waals surface area contributed by atoms with Crippen molar-refractivity contribution in [2.45, 2.75) is 92.4 Å². The minimum absolute atomic E-state index is 0.167. The van der Waals surface area contributed by atoms with Gasteiger partial charge in [0.1, 0.15) is 0 Å². The highest BCUT2D eigenvalue weighted by molar-refractivity contribution is 5.82. The first-order valence-corrected chi connectivity index (χ1v) is 13.1. The van der Waals surface area contributed by atoms with Gasteiger partial charge in [0, 0.05) is 0 Å². The summed E-state index contributed by atoms with van der Waals surface area (Å²) in [7, 11) is 0. The average Bonchev–Trinajstić information content (AvgIpc) is 2.72. The van der Waals surface area contributed by atoms with Gasteiger partial charge in [-0.15, -0.1) is 0 Å². The molecule has 3 aliphatic carbocycles. The standard InChI is InChI=1S/C27H46O4/c1-17-6-9-22(20(4)12-17)15-30-26(28)24-11-8-19(3)14-25(24)27(29)31-16-23-10-7-18(2)13-21(23)5/h17-25H,6-16H2,1-5H3. The lowest BCUT2D eigenvalue weighted by Gasteiger charge is -2.35. The highest BCUT2D eigenvalue weighted by Gasteiger charge is 2.41. The van der Waals surface area contributed by atoms with Crippen LogP contribution in [0.1, 0.15) is 92.4 Å². The second-order valence-corrected chi connectivity index (χ2v) is 11.7. The van der Waals surface area contributed by atoms with Crippen molar-refractivity contribution < 1.29 is 19.1 Å². The third kappa shape index (κ3) is 6.71. The molecule has 4 heteroatoms. The maximum absolute atomic E-state index is 13.0. The molecule has 0 aromatic heterocycles. The van der Waals surface area contributed by atoms with Crippen molar-refractivity contribution in [2.24, 2.45) is 53.3 Å². The fourth-order valence-electron chi connectivity index (χ4n) is 6.47. The maximum atomic E-state index is 13.0. The summed E-state index contributed by atoms with van der Waals surface area (Å²) < 4.78 is 11.7. The number of rotatable bonds is 6. The average molecular weight is 435 g/mol. The van der Waals surface area contributed by atoms with Crippen molar-refractivity contribution in [3.8, 4) is 0 Å². The van der Waals surface area contributed by atoms with Crippen LogP contribution in [0, 0.1) is 53.3 Å². The molecule has 3 fully saturated rings. The van der Waals surface area contributed by atoms with Crippen LogP contribution in [-0.4, -0.2) is 25.2 Å². The van der Waals surface area contributed by atoms with Crippen LogP contribution >= 0.6 is 0 Å². The van der Waals surface area contributed by atoms with Gasteiger partial charge in [-0.05, 0) is 86.4 Å². The Balaban J connectivity index is 1.52. The van der Waals surface area contributed by atoms with Crippen LogP contribution in [0.4, 0.5) is 0 Å². The predicted molar refractivity (Wildman–Crippen MR) is 123 cm³/mol. The van der Waals surface area contributed by atoms with Gasteiger partial charge in [-0.1, -0.05) is 47.5 Å². The molecule has 0 spiro atoms. The molecule has 3 rings (SSSR count). The van der Waals surface area contributed by atoms with Crippen LogP contribution < -0.4 is 0 Å². The largest absolute Gasteiger partial charge is 0.465 e. The molecule has 0 saturated heterocycles. The molecule has 0 heterocycles. The molecule has 31 heavy (non-hydrogen) atoms. The zero-order chi connectivity index (χ0) is 22.5. The van der Waals surface area contributed by atoms with E-state index in [9.17, 15) is 9.59 Å². The van der Waals surface area contributed by atoms with E-state index in [2.05, 4.69) is 34.6 Å². The SMILES string of the molecule is CC1CCC(COC(=O)C2CCC(C)CC2C(=O)OCC2CCC(C)CC2C)C(C)C1. The molecule has 0 aromatic carbocycles. The topological polar surface area (TPSA) is 52.6 Å². The minimum Gasteiger partial charge on any atom is -0.465 e. The van der Waals surface area contributed by atoms with Gasteiger partial charge in [-0.25, -0.2) is 0 Å². The van der Waals surface area contributed by atoms with E-state index in [-0.39, 0.29) is 23.8 Å². The summed E-state index contributed by atoms with van der Waals surface area (Å²) in [5.41, 5.74) is 0. The summed E-state index contributed by atoms with van der Waals surface area (Å²) in [6, 6.07) is 0. The summed E-state index contributed by atoms with van der Waals surface area (Å²) in [6.07, 6.45) is 9.63. The summed E-state index contributed by atoms with van der Waals surface area (Å²) in [5, 5.41) is 0. The van der Waals surface area contributed by atoms with E-state index in [1.54, 1.807) is 0 Å². The van der Waals surface area contributed by atoms with Crippen LogP contribution in [0.5, 0.6) is 0 Å². The van der Waals surface area contributed by atoms with Crippen LogP contribution in [-0.2, 0) is 19.1 Å². The summed E-state index contributed by atoms with van der Waals surface area (Å²) >= 11 is 0. The Hall–Kier alpha value is -1.06. The second-order valence-electron chi connectivity index (χ2n) is 11.7. The number of esters is 2. The highest BCUT2D eigenvalue weighted by Crippen LogP contribution is 2.38. The van der Waals surface area contributed by atoms with Crippen molar-refractivity contribution in [2.75, 3.05) is 13.2 Å². The number of ether oxygens (including phenoxy) is 2. The Kier molecular flexibility index (Phi) is 8.87. The zero-order valence-corrected chi connectivity index (χ0v) is 20.6. The van der Waals surface area contributed by atoms with Crippen molar-refractivity contribution in [1.29, 1.82) is 0 Å². The van der Waals surface area contributed by atoms with Gasteiger partial charge in [-0.3, -0.25) is 9.59 Å². The van der Waals surface area contributed by atoms with Gasteiger partial charge in [0.25, 0.3) is 0 Å². The second kappa shape index (κ2) is 11.2. The van der Waals surface area contributed by atoms with E-state index in [4.69, 9.17) is 9.47 Å². The highest BCUT2D eigenvalue weighted by atomic mass is 16.5. The zero-order valence-electron chi connectivity index (χ0n) is 20.6. The Morgan fingerprint density at radius 3 is 1.48 bits per heavy atom. The smallest absolute Gasteiger partial charge is 0.309 e. The number of carbonyl (C=O) groups excluding carboxylic acids is 2. The van der Waals surface area contributed by atoms with Crippen LogP contribution in [0.25, 0.3) is 0 Å². The molecule has 0 aromatic rings. The molecule has 4 nitrogen and oxygen atoms in total. The molecule has 3 aliphatic rings. The fraction of sp³-hybridized carbons (Fsp3) is 0.926. The molecule has 9 unspecified atom stereocenters. The molecule has 9 atom stereocenters. The molecule has 0 N–H and O–H groups in total. The summed E-state index contributed by atoms with van der Waals surface area (Å²) in [5.74, 6) is 3.13. The molecule has 0 bridgehead atoms. The summed E-state index contributed by atoms with van der Waals surface area (Å²) in [6.45, 7) is 12.4. The Morgan fingerprint density at radius 2 is 1.00 bits per heavy atom. The van der Waals surface area contributed by atoms with Gasteiger partial charge >= 0.3 is 11.9 Å². The van der Waals surface area contributed by atoms with Crippen LogP contribution in [0.3, 0.4) is 0 Å². The van der Waals surface area contributed by atoms with Gasteiger partial charge in [0.2, 0.25) is 0 Å². The van der Waals surface area contributed by atoms with E-state index in [1.165, 1.54) is 25.7 Å². The molecular formula is C27H46O4. The Morgan fingerprint density at radius 1 is 0.581 bits per heavy atom. The first-order valence-electron chi connectivity index (χ1n) is 13.1. The Labute approximate surface area is 190 Å². The molecule has 0 aliphatic heterocycles. The number of hydrogen-bond donors (Lipinski definition) is 0. The summed E-state index contributed by atoms with van der Waals surface area (Å²) in [4.78, 5) is 26.0. The van der Waals surface area contributed by atoms with Crippen molar-refractivity contribution >= 4 is 11.9 Å². The lowest BCUT2D eigenvalue weighted by atomic mass is 9.74. The van der Waals surface area contributed by atoms with Gasteiger partial charge in [0.05, 0.1) is 25.0 Å². The first kappa shape index (κ1) is 24.6. The van der Waals surface area contributed by atoms with Gasteiger partial charge < -0.3 is 9.47 Å². The van der Waals surface area contributed by atoms with Crippen LogP contribution in [0.2, 0.25) is 0 Å². The molecule has 0 amide bonds. The first-order chi connectivity index (χ1) is 14.7. The van der Waals surface area contributed by atoms with Crippen LogP contribution in [0.15, 0.2) is 0 Å². The maximum Gasteiger partial charge on any atom is 0.309 e. The predicted octanol–water partition coefficient (Wildman–Crippen LogP) is 6.27. The monoisotopic (exact) mass is 434 g/mol. The van der Waals surface area contributed by atoms with Crippen molar-refractivity contribution in [3.63, 3.8) is 0 Å². The van der Waals surface area contributed by atoms with Gasteiger partial charge in [0.15, 0.2) is 0 Å². The van der Waals surface area contributed by atoms with E-state index in [0.29, 0.717) is 42.8 Å². The quantitative estimate of drug-likeness (QED) is 0.462. The van der Waals surface area contributed by atoms with E-state index in [1.807, 2.05) is 0 Å². The third-order valence-corrected chi connectivity index (χ3v) is 8.82. The number of hydrogen-bond acceptors (Lipinski definition) is 4. The molecule has 3 saturated carbocycles. The van der Waals surface area contributed by atoms with E-state index < -0.39 is 0 Å². The minimum atomic E-state index is -0.335. The normalized spacial score (nSPS) is 41.4. The third-order valence-electron chi connectivity index (χ3n) is 8.82. The lowest BCUT2D eigenvalue weighted by molar-refractivity contribution is -0.166. The van der Waals surface area contributed by atoms with Gasteiger partial charge in [-0.2, -0.15) is 0 Å². The number of carbonyl (C=O) groups is 2. The Bertz CT molecular complexity index is 602. The fourth-order valence-corrected chi connectivity index (χ4v) is 6.47. The van der Waals surface area contributed by atoms with Crippen molar-refractivity contribution in [3.05, 3.63) is 0 Å². The lowest BCUT2D eigenvalue weighted by Crippen LogP contribution is -2.39. The van der Waals surface area contributed by atoms with E-state index in [0.717, 1.165) is 43.9 Å². The van der Waals surface area contributed by atoms with E-state index >= 15 is 0 Å². The molecule has 0 radical (unpaired) electrons.